The smallest absolute Gasteiger partial charge is 0.238 e. The zero-order valence-electron chi connectivity index (χ0n) is 13.7. The van der Waals surface area contributed by atoms with E-state index in [2.05, 4.69) is 10.3 Å². The van der Waals surface area contributed by atoms with Gasteiger partial charge < -0.3 is 5.32 Å². The topological polar surface area (TPSA) is 46.4 Å². The van der Waals surface area contributed by atoms with Gasteiger partial charge in [-0.3, -0.25) is 9.20 Å². The minimum Gasteiger partial charge on any atom is -0.384 e. The molecule has 128 valence electrons. The van der Waals surface area contributed by atoms with Gasteiger partial charge in [-0.15, -0.1) is 11.3 Å². The number of imidazole rings is 1. The largest absolute Gasteiger partial charge is 0.384 e. The number of thiophene rings is 1. The van der Waals surface area contributed by atoms with E-state index in [0.29, 0.717) is 17.2 Å². The van der Waals surface area contributed by atoms with Crippen molar-refractivity contribution >= 4 is 28.3 Å². The van der Waals surface area contributed by atoms with Gasteiger partial charge in [0.15, 0.2) is 5.82 Å². The Hall–Kier alpha value is -2.99. The van der Waals surface area contributed by atoms with Crippen molar-refractivity contribution in [3.05, 3.63) is 76.9 Å². The third-order valence-electron chi connectivity index (χ3n) is 4.61. The van der Waals surface area contributed by atoms with Crippen molar-refractivity contribution < 1.29 is 9.18 Å². The lowest BCUT2D eigenvalue weighted by Crippen LogP contribution is -2.05. The molecule has 0 saturated carbocycles. The number of fused-ring (bicyclic) bond motifs is 4. The fourth-order valence-corrected chi connectivity index (χ4v) is 4.55. The molecular weight excluding hydrogens is 349 g/mol. The second-order valence-electron chi connectivity index (χ2n) is 6.24. The molecule has 0 saturated heterocycles. The van der Waals surface area contributed by atoms with Crippen LogP contribution in [0, 0.1) is 5.82 Å². The number of hydrogen-bond donors (Lipinski definition) is 1. The van der Waals surface area contributed by atoms with Gasteiger partial charge in [0.05, 0.1) is 16.6 Å². The first kappa shape index (κ1) is 15.3. The van der Waals surface area contributed by atoms with E-state index in [-0.39, 0.29) is 11.6 Å². The average molecular weight is 363 g/mol. The molecule has 4 heterocycles. The number of nitrogens with zero attached hydrogens (tertiary/aromatic N) is 2. The Kier molecular flexibility index (Phi) is 3.39. The summed E-state index contributed by atoms with van der Waals surface area (Å²) in [5.41, 5.74) is 3.71. The number of ketones is 1. The SMILES string of the molecule is O=C(c1cc2c(s1)-c1ccc(F)cc1NCC2)c1ncc2ccccn12. The standard InChI is InChI=1S/C20H14FN3OS/c21-13-4-5-15-16(10-13)22-7-6-12-9-17(26-19(12)15)18(25)20-23-11-14-3-1-2-8-24(14)20/h1-5,8-11,22H,6-7H2. The molecule has 0 radical (unpaired) electrons. The van der Waals surface area contributed by atoms with Crippen molar-refractivity contribution in [2.24, 2.45) is 0 Å². The number of nitrogens with one attached hydrogen (secondary N) is 1. The normalized spacial score (nSPS) is 13.0. The number of halogens is 1. The highest BCUT2D eigenvalue weighted by Gasteiger charge is 2.23. The van der Waals surface area contributed by atoms with Crippen molar-refractivity contribution in [2.45, 2.75) is 6.42 Å². The van der Waals surface area contributed by atoms with Gasteiger partial charge in [-0.25, -0.2) is 9.37 Å². The van der Waals surface area contributed by atoms with Crippen LogP contribution in [0.3, 0.4) is 0 Å². The maximum Gasteiger partial charge on any atom is 0.238 e. The summed E-state index contributed by atoms with van der Waals surface area (Å²) in [7, 11) is 0. The third-order valence-corrected chi connectivity index (χ3v) is 5.82. The molecule has 26 heavy (non-hydrogen) atoms. The fraction of sp³-hybridized carbons (Fsp3) is 0.100. The van der Waals surface area contributed by atoms with Crippen LogP contribution in [0.25, 0.3) is 16.0 Å². The predicted molar refractivity (Wildman–Crippen MR) is 101 cm³/mol. The van der Waals surface area contributed by atoms with Crippen LogP contribution in [0.4, 0.5) is 10.1 Å². The van der Waals surface area contributed by atoms with Crippen LogP contribution in [0.5, 0.6) is 0 Å². The molecule has 3 aromatic heterocycles. The van der Waals surface area contributed by atoms with E-state index < -0.39 is 0 Å². The molecule has 4 nitrogen and oxygen atoms in total. The van der Waals surface area contributed by atoms with Gasteiger partial charge in [-0.05, 0) is 48.4 Å². The van der Waals surface area contributed by atoms with Crippen LogP contribution in [-0.2, 0) is 6.42 Å². The summed E-state index contributed by atoms with van der Waals surface area (Å²) in [5.74, 6) is 0.0526. The number of anilines is 1. The fourth-order valence-electron chi connectivity index (χ4n) is 3.37. The first-order chi connectivity index (χ1) is 12.7. The highest BCUT2D eigenvalue weighted by molar-refractivity contribution is 7.17. The molecule has 5 rings (SSSR count). The Bertz CT molecular complexity index is 1160. The molecule has 0 amide bonds. The molecule has 1 aliphatic rings. The molecule has 0 fully saturated rings. The van der Waals surface area contributed by atoms with Crippen LogP contribution in [0.15, 0.2) is 54.9 Å². The predicted octanol–water partition coefficient (Wildman–Crippen LogP) is 4.40. The second-order valence-corrected chi connectivity index (χ2v) is 7.29. The average Bonchev–Trinajstić information content (AvgIpc) is 3.22. The molecule has 0 aliphatic carbocycles. The van der Waals surface area contributed by atoms with Crippen LogP contribution >= 0.6 is 11.3 Å². The quantitative estimate of drug-likeness (QED) is 0.537. The van der Waals surface area contributed by atoms with Crippen molar-refractivity contribution in [1.29, 1.82) is 0 Å². The Morgan fingerprint density at radius 1 is 1.23 bits per heavy atom. The van der Waals surface area contributed by atoms with Crippen LogP contribution in [-0.4, -0.2) is 21.7 Å². The zero-order chi connectivity index (χ0) is 17.7. The van der Waals surface area contributed by atoms with Gasteiger partial charge in [-0.2, -0.15) is 0 Å². The lowest BCUT2D eigenvalue weighted by atomic mass is 10.1. The molecule has 0 spiro atoms. The first-order valence-electron chi connectivity index (χ1n) is 8.34. The Morgan fingerprint density at radius 3 is 3.08 bits per heavy atom. The Labute approximate surface area is 152 Å². The highest BCUT2D eigenvalue weighted by atomic mass is 32.1. The second kappa shape index (κ2) is 5.78. The van der Waals surface area contributed by atoms with Crippen LogP contribution < -0.4 is 5.32 Å². The number of benzene rings is 1. The van der Waals surface area contributed by atoms with Crippen molar-refractivity contribution in [2.75, 3.05) is 11.9 Å². The number of rotatable bonds is 2. The maximum atomic E-state index is 13.6. The van der Waals surface area contributed by atoms with E-state index in [4.69, 9.17) is 0 Å². The first-order valence-corrected chi connectivity index (χ1v) is 9.15. The number of aromatic nitrogens is 2. The number of hydrogen-bond acceptors (Lipinski definition) is 4. The van der Waals surface area contributed by atoms with E-state index in [0.717, 1.165) is 33.6 Å². The van der Waals surface area contributed by atoms with E-state index in [1.165, 1.54) is 23.5 Å². The van der Waals surface area contributed by atoms with Gasteiger partial charge >= 0.3 is 0 Å². The third kappa shape index (κ3) is 2.34. The van der Waals surface area contributed by atoms with Crippen molar-refractivity contribution in [3.8, 4) is 10.4 Å². The summed E-state index contributed by atoms with van der Waals surface area (Å²) in [6.07, 6.45) is 4.33. The number of pyridine rings is 1. The van der Waals surface area contributed by atoms with Crippen molar-refractivity contribution in [3.63, 3.8) is 0 Å². The summed E-state index contributed by atoms with van der Waals surface area (Å²) in [5, 5.41) is 3.26. The molecule has 0 unspecified atom stereocenters. The molecular formula is C20H14FN3OS. The van der Waals surface area contributed by atoms with Gasteiger partial charge in [0.25, 0.3) is 0 Å². The van der Waals surface area contributed by atoms with Crippen molar-refractivity contribution in [1.82, 2.24) is 9.38 Å². The summed E-state index contributed by atoms with van der Waals surface area (Å²) in [6, 6.07) is 12.4. The lowest BCUT2D eigenvalue weighted by molar-refractivity contribution is 0.103. The van der Waals surface area contributed by atoms with Gasteiger partial charge in [0.2, 0.25) is 5.78 Å². The van der Waals surface area contributed by atoms with Gasteiger partial charge in [-0.1, -0.05) is 6.07 Å². The van der Waals surface area contributed by atoms with Crippen LogP contribution in [0.1, 0.15) is 21.1 Å². The minimum atomic E-state index is -0.267. The molecule has 1 aliphatic heterocycles. The van der Waals surface area contributed by atoms with Gasteiger partial charge in [0.1, 0.15) is 5.82 Å². The molecule has 1 aromatic carbocycles. The molecule has 6 heteroatoms. The minimum absolute atomic E-state index is 0.0918. The summed E-state index contributed by atoms with van der Waals surface area (Å²) < 4.78 is 15.4. The Morgan fingerprint density at radius 2 is 2.15 bits per heavy atom. The molecule has 4 aromatic rings. The summed E-state index contributed by atoms with van der Waals surface area (Å²) in [4.78, 5) is 19.0. The van der Waals surface area contributed by atoms with E-state index in [9.17, 15) is 9.18 Å². The summed E-state index contributed by atoms with van der Waals surface area (Å²) >= 11 is 1.45. The van der Waals surface area contributed by atoms with E-state index in [1.54, 1.807) is 16.7 Å². The van der Waals surface area contributed by atoms with E-state index >= 15 is 0 Å². The molecule has 1 N–H and O–H groups in total. The highest BCUT2D eigenvalue weighted by Crippen LogP contribution is 2.40. The van der Waals surface area contributed by atoms with E-state index in [1.807, 2.05) is 30.5 Å². The monoisotopic (exact) mass is 363 g/mol. The Balaban J connectivity index is 1.62. The molecule has 0 atom stereocenters. The lowest BCUT2D eigenvalue weighted by Gasteiger charge is -2.07. The maximum absolute atomic E-state index is 13.6. The molecule has 0 bridgehead atoms. The van der Waals surface area contributed by atoms with Gasteiger partial charge in [0, 0.05) is 28.9 Å². The van der Waals surface area contributed by atoms with Crippen LogP contribution in [0.2, 0.25) is 0 Å². The zero-order valence-corrected chi connectivity index (χ0v) is 14.5. The number of carbonyl (C=O) groups excluding carboxylic acids is 1. The number of carbonyl (C=O) groups is 1. The summed E-state index contributed by atoms with van der Waals surface area (Å²) in [6.45, 7) is 0.708.